The predicted molar refractivity (Wildman–Crippen MR) is 55.6 cm³/mol. The fraction of sp³-hybridized carbons (Fsp3) is 0.500. The van der Waals surface area contributed by atoms with Gasteiger partial charge >= 0.3 is 0 Å². The number of benzene rings is 1. The average molecular weight is 175 g/mol. The van der Waals surface area contributed by atoms with Crippen LogP contribution >= 0.6 is 0 Å². The summed E-state index contributed by atoms with van der Waals surface area (Å²) in [7, 11) is 0. The highest BCUT2D eigenvalue weighted by Gasteiger charge is 2.34. The molecule has 0 aromatic heterocycles. The van der Waals surface area contributed by atoms with E-state index in [4.69, 9.17) is 0 Å². The Labute approximate surface area is 80.4 Å². The summed E-state index contributed by atoms with van der Waals surface area (Å²) in [6, 6.07) is 11.5. The summed E-state index contributed by atoms with van der Waals surface area (Å²) in [5.74, 6) is 0.786. The molecule has 1 unspecified atom stereocenters. The Morgan fingerprint density at radius 2 is 2.00 bits per heavy atom. The standard InChI is InChI=1S/C12H17N/c1-10(2)8-13-9-12(13)11-6-4-3-5-7-11/h3-7,10,12H,8-9H2,1-2H3/t12-,13?/m0/s1. The second-order valence-corrected chi connectivity index (χ2v) is 4.27. The van der Waals surface area contributed by atoms with Crippen LogP contribution in [0.2, 0.25) is 0 Å². The normalized spacial score (nSPS) is 26.4. The highest BCUT2D eigenvalue weighted by atomic mass is 15.3. The fourth-order valence-corrected chi connectivity index (χ4v) is 1.84. The first-order valence-corrected chi connectivity index (χ1v) is 5.06. The lowest BCUT2D eigenvalue weighted by Gasteiger charge is -2.06. The molecule has 1 aromatic carbocycles. The van der Waals surface area contributed by atoms with Gasteiger partial charge in [0, 0.05) is 19.1 Å². The van der Waals surface area contributed by atoms with Gasteiger partial charge in [0.2, 0.25) is 0 Å². The van der Waals surface area contributed by atoms with E-state index >= 15 is 0 Å². The van der Waals surface area contributed by atoms with Crippen molar-refractivity contribution in [3.63, 3.8) is 0 Å². The molecular weight excluding hydrogens is 158 g/mol. The first-order valence-electron chi connectivity index (χ1n) is 5.06. The molecule has 1 saturated heterocycles. The molecule has 1 aliphatic rings. The van der Waals surface area contributed by atoms with Gasteiger partial charge in [0.1, 0.15) is 0 Å². The monoisotopic (exact) mass is 175 g/mol. The first-order chi connectivity index (χ1) is 6.27. The molecule has 1 aliphatic heterocycles. The summed E-state index contributed by atoms with van der Waals surface area (Å²) < 4.78 is 0. The van der Waals surface area contributed by atoms with Crippen LogP contribution in [-0.4, -0.2) is 18.0 Å². The SMILES string of the molecule is CC(C)CN1C[C@H]1c1ccccc1. The van der Waals surface area contributed by atoms with Gasteiger partial charge in [-0.2, -0.15) is 0 Å². The van der Waals surface area contributed by atoms with Gasteiger partial charge in [-0.1, -0.05) is 44.2 Å². The van der Waals surface area contributed by atoms with Crippen LogP contribution in [0, 0.1) is 5.92 Å². The zero-order valence-corrected chi connectivity index (χ0v) is 8.40. The van der Waals surface area contributed by atoms with Crippen molar-refractivity contribution in [3.8, 4) is 0 Å². The number of rotatable bonds is 3. The van der Waals surface area contributed by atoms with Crippen molar-refractivity contribution in [1.82, 2.24) is 4.90 Å². The molecule has 1 heterocycles. The molecule has 0 aliphatic carbocycles. The summed E-state index contributed by atoms with van der Waals surface area (Å²) >= 11 is 0. The zero-order valence-electron chi connectivity index (χ0n) is 8.40. The van der Waals surface area contributed by atoms with E-state index in [-0.39, 0.29) is 0 Å². The second kappa shape index (κ2) is 3.51. The lowest BCUT2D eigenvalue weighted by Crippen LogP contribution is -2.07. The second-order valence-electron chi connectivity index (χ2n) is 4.27. The van der Waals surface area contributed by atoms with Crippen LogP contribution in [0.1, 0.15) is 25.5 Å². The minimum atomic E-state index is 0.712. The maximum Gasteiger partial charge on any atom is 0.0476 e. The fourth-order valence-electron chi connectivity index (χ4n) is 1.84. The van der Waals surface area contributed by atoms with Gasteiger partial charge in [-0.25, -0.2) is 0 Å². The quantitative estimate of drug-likeness (QED) is 0.638. The Hall–Kier alpha value is -0.820. The molecule has 0 N–H and O–H groups in total. The molecule has 0 saturated carbocycles. The van der Waals surface area contributed by atoms with Gasteiger partial charge in [0.05, 0.1) is 0 Å². The van der Waals surface area contributed by atoms with E-state index < -0.39 is 0 Å². The van der Waals surface area contributed by atoms with Gasteiger partial charge in [0.15, 0.2) is 0 Å². The Morgan fingerprint density at radius 1 is 1.31 bits per heavy atom. The summed E-state index contributed by atoms with van der Waals surface area (Å²) in [5.41, 5.74) is 1.48. The molecule has 1 aromatic rings. The predicted octanol–water partition coefficient (Wildman–Crippen LogP) is 2.70. The largest absolute Gasteiger partial charge is 0.293 e. The molecule has 0 radical (unpaired) electrons. The van der Waals surface area contributed by atoms with Crippen LogP contribution in [0.5, 0.6) is 0 Å². The highest BCUT2D eigenvalue weighted by molar-refractivity contribution is 5.23. The van der Waals surface area contributed by atoms with Crippen LogP contribution in [0.15, 0.2) is 30.3 Å². The van der Waals surface area contributed by atoms with Gasteiger partial charge < -0.3 is 0 Å². The van der Waals surface area contributed by atoms with E-state index in [1.54, 1.807) is 0 Å². The van der Waals surface area contributed by atoms with Crippen LogP contribution in [0.4, 0.5) is 0 Å². The van der Waals surface area contributed by atoms with Crippen LogP contribution in [0.3, 0.4) is 0 Å². The Balaban J connectivity index is 1.93. The Bertz CT molecular complexity index is 266. The lowest BCUT2D eigenvalue weighted by molar-refractivity contribution is 0.431. The first kappa shape index (κ1) is 8.76. The van der Waals surface area contributed by atoms with Crippen LogP contribution < -0.4 is 0 Å². The molecule has 2 rings (SSSR count). The van der Waals surface area contributed by atoms with E-state index in [0.717, 1.165) is 5.92 Å². The Morgan fingerprint density at radius 3 is 2.62 bits per heavy atom. The van der Waals surface area contributed by atoms with Crippen LogP contribution in [-0.2, 0) is 0 Å². The Kier molecular flexibility index (Phi) is 2.36. The molecule has 1 fully saturated rings. The number of hydrogen-bond donors (Lipinski definition) is 0. The molecule has 1 nitrogen and oxygen atoms in total. The molecular formula is C12H17N. The van der Waals surface area contributed by atoms with Gasteiger partial charge in [-0.05, 0) is 11.5 Å². The molecule has 0 spiro atoms. The number of hydrogen-bond acceptors (Lipinski definition) is 1. The van der Waals surface area contributed by atoms with Crippen molar-refractivity contribution in [2.75, 3.05) is 13.1 Å². The third-order valence-corrected chi connectivity index (χ3v) is 2.50. The van der Waals surface area contributed by atoms with Crippen molar-refractivity contribution in [2.24, 2.45) is 5.92 Å². The maximum atomic E-state index is 2.53. The zero-order chi connectivity index (χ0) is 9.26. The molecule has 0 amide bonds. The molecule has 2 atom stereocenters. The molecule has 0 bridgehead atoms. The lowest BCUT2D eigenvalue weighted by atomic mass is 10.1. The van der Waals surface area contributed by atoms with Crippen molar-refractivity contribution in [2.45, 2.75) is 19.9 Å². The van der Waals surface area contributed by atoms with E-state index in [1.165, 1.54) is 18.7 Å². The maximum absolute atomic E-state index is 2.53. The summed E-state index contributed by atoms with van der Waals surface area (Å²) in [4.78, 5) is 2.53. The van der Waals surface area contributed by atoms with Crippen molar-refractivity contribution >= 4 is 0 Å². The van der Waals surface area contributed by atoms with E-state index in [9.17, 15) is 0 Å². The topological polar surface area (TPSA) is 3.01 Å². The molecule has 1 heteroatoms. The highest BCUT2D eigenvalue weighted by Crippen LogP contribution is 2.34. The van der Waals surface area contributed by atoms with E-state index in [1.807, 2.05) is 0 Å². The van der Waals surface area contributed by atoms with Crippen molar-refractivity contribution < 1.29 is 0 Å². The molecule has 13 heavy (non-hydrogen) atoms. The van der Waals surface area contributed by atoms with Gasteiger partial charge in [0.25, 0.3) is 0 Å². The average Bonchev–Trinajstić information content (AvgIpc) is 2.84. The van der Waals surface area contributed by atoms with Gasteiger partial charge in [-0.15, -0.1) is 0 Å². The number of nitrogens with zero attached hydrogens (tertiary/aromatic N) is 1. The van der Waals surface area contributed by atoms with Crippen molar-refractivity contribution in [3.05, 3.63) is 35.9 Å². The van der Waals surface area contributed by atoms with Crippen molar-refractivity contribution in [1.29, 1.82) is 0 Å². The molecule has 70 valence electrons. The van der Waals surface area contributed by atoms with Crippen LogP contribution in [0.25, 0.3) is 0 Å². The summed E-state index contributed by atoms with van der Waals surface area (Å²) in [6.07, 6.45) is 0. The third kappa shape index (κ3) is 2.10. The third-order valence-electron chi connectivity index (χ3n) is 2.50. The minimum Gasteiger partial charge on any atom is -0.293 e. The smallest absolute Gasteiger partial charge is 0.0476 e. The summed E-state index contributed by atoms with van der Waals surface area (Å²) in [5, 5.41) is 0. The van der Waals surface area contributed by atoms with Gasteiger partial charge in [-0.3, -0.25) is 4.90 Å². The van der Waals surface area contributed by atoms with E-state index in [2.05, 4.69) is 49.1 Å². The minimum absolute atomic E-state index is 0.712. The van der Waals surface area contributed by atoms with E-state index in [0.29, 0.717) is 6.04 Å². The summed E-state index contributed by atoms with van der Waals surface area (Å²) in [6.45, 7) is 7.04.